The maximum atomic E-state index is 5.86. The van der Waals surface area contributed by atoms with E-state index in [-0.39, 0.29) is 0 Å². The van der Waals surface area contributed by atoms with E-state index in [1.807, 2.05) is 85.1 Å². The van der Waals surface area contributed by atoms with Crippen LogP contribution in [0.3, 0.4) is 0 Å². The molecule has 6 heteroatoms. The molecule has 2 aromatic carbocycles. The summed E-state index contributed by atoms with van der Waals surface area (Å²) in [6.45, 7) is 1.52. The number of hydrazone groups is 2. The van der Waals surface area contributed by atoms with Crippen LogP contribution in [0.2, 0.25) is 10.0 Å². The van der Waals surface area contributed by atoms with Crippen LogP contribution in [0, 0.1) is 0 Å². The third kappa shape index (κ3) is 6.60. The lowest BCUT2D eigenvalue weighted by Gasteiger charge is -2.17. The van der Waals surface area contributed by atoms with Crippen molar-refractivity contribution in [1.29, 1.82) is 0 Å². The van der Waals surface area contributed by atoms with Crippen LogP contribution in [0.5, 0.6) is 0 Å². The average molecular weight is 363 g/mol. The normalized spacial score (nSPS) is 11.3. The van der Waals surface area contributed by atoms with Crippen molar-refractivity contribution in [1.82, 2.24) is 10.0 Å². The minimum atomic E-state index is 0.723. The second-order valence-electron chi connectivity index (χ2n) is 5.35. The number of hydrogen-bond donors (Lipinski definition) is 0. The fraction of sp³-hybridized carbons (Fsp3) is 0.222. The first-order valence-corrected chi connectivity index (χ1v) is 8.30. The molecule has 0 saturated heterocycles. The zero-order valence-corrected chi connectivity index (χ0v) is 15.2. The number of halogens is 2. The third-order valence-corrected chi connectivity index (χ3v) is 3.80. The molecular weight excluding hydrogens is 343 g/mol. The van der Waals surface area contributed by atoms with Gasteiger partial charge in [0.05, 0.1) is 25.5 Å². The Hall–Kier alpha value is -2.04. The molecule has 0 aliphatic heterocycles. The molecule has 0 N–H and O–H groups in total. The molecule has 0 radical (unpaired) electrons. The summed E-state index contributed by atoms with van der Waals surface area (Å²) in [5, 5.41) is 14.0. The van der Waals surface area contributed by atoms with Crippen LogP contribution < -0.4 is 0 Å². The Morgan fingerprint density at radius 2 is 1.04 bits per heavy atom. The zero-order chi connectivity index (χ0) is 17.4. The van der Waals surface area contributed by atoms with E-state index >= 15 is 0 Å². The first-order valence-electron chi connectivity index (χ1n) is 7.54. The Kier molecular flexibility index (Phi) is 7.09. The number of nitrogens with zero attached hydrogens (tertiary/aromatic N) is 4. The van der Waals surface area contributed by atoms with E-state index in [1.54, 1.807) is 0 Å². The van der Waals surface area contributed by atoms with Crippen molar-refractivity contribution in [3.05, 3.63) is 69.7 Å². The number of rotatable bonds is 7. The Balaban J connectivity index is 1.77. The van der Waals surface area contributed by atoms with E-state index in [2.05, 4.69) is 10.2 Å². The number of benzene rings is 2. The van der Waals surface area contributed by atoms with Gasteiger partial charge in [0.1, 0.15) is 0 Å². The first kappa shape index (κ1) is 18.3. The van der Waals surface area contributed by atoms with Crippen LogP contribution in [0.1, 0.15) is 11.1 Å². The van der Waals surface area contributed by atoms with Gasteiger partial charge < -0.3 is 0 Å². The largest absolute Gasteiger partial charge is 0.298 e. The Bertz CT molecular complexity index is 620. The minimum absolute atomic E-state index is 0.723. The molecule has 0 amide bonds. The van der Waals surface area contributed by atoms with E-state index in [4.69, 9.17) is 23.2 Å². The van der Waals surface area contributed by atoms with Crippen LogP contribution in [0.4, 0.5) is 0 Å². The third-order valence-electron chi connectivity index (χ3n) is 3.30. The molecule has 0 aromatic heterocycles. The SMILES string of the molecule is CN(CCN(C)/N=C/c1ccc(Cl)cc1)/N=C/c1ccc(Cl)cc1. The van der Waals surface area contributed by atoms with Crippen molar-refractivity contribution < 1.29 is 0 Å². The van der Waals surface area contributed by atoms with Gasteiger partial charge in [0.2, 0.25) is 0 Å². The molecule has 24 heavy (non-hydrogen) atoms. The molecule has 126 valence electrons. The smallest absolute Gasteiger partial charge is 0.0549 e. The molecule has 0 saturated carbocycles. The highest BCUT2D eigenvalue weighted by atomic mass is 35.5. The van der Waals surface area contributed by atoms with Crippen molar-refractivity contribution in [3.63, 3.8) is 0 Å². The lowest BCUT2D eigenvalue weighted by atomic mass is 10.2. The predicted molar refractivity (Wildman–Crippen MR) is 103 cm³/mol. The van der Waals surface area contributed by atoms with Gasteiger partial charge in [-0.25, -0.2) is 0 Å². The first-order chi connectivity index (χ1) is 11.5. The fourth-order valence-electron chi connectivity index (χ4n) is 1.83. The Labute approximate surface area is 153 Å². The monoisotopic (exact) mass is 362 g/mol. The van der Waals surface area contributed by atoms with E-state index in [0.29, 0.717) is 0 Å². The van der Waals surface area contributed by atoms with Gasteiger partial charge in [-0.15, -0.1) is 0 Å². The summed E-state index contributed by atoms with van der Waals surface area (Å²) in [7, 11) is 3.87. The van der Waals surface area contributed by atoms with Crippen molar-refractivity contribution in [2.75, 3.05) is 27.2 Å². The molecule has 0 spiro atoms. The molecule has 0 bridgehead atoms. The molecule has 2 aromatic rings. The summed E-state index contributed by atoms with van der Waals surface area (Å²) in [6.07, 6.45) is 3.63. The second-order valence-corrected chi connectivity index (χ2v) is 6.23. The summed E-state index contributed by atoms with van der Waals surface area (Å²) in [5.74, 6) is 0. The standard InChI is InChI=1S/C18H20Cl2N4/c1-23(21-13-15-3-7-17(19)8-4-15)11-12-24(2)22-14-16-5-9-18(20)10-6-16/h3-10,13-14H,11-12H2,1-2H3/b21-13+,22-14+. The van der Waals surface area contributed by atoms with Gasteiger partial charge in [0, 0.05) is 24.1 Å². The van der Waals surface area contributed by atoms with E-state index in [1.165, 1.54) is 0 Å². The summed E-state index contributed by atoms with van der Waals surface area (Å²) in [5.41, 5.74) is 2.03. The highest BCUT2D eigenvalue weighted by Gasteiger charge is 1.97. The van der Waals surface area contributed by atoms with Crippen LogP contribution >= 0.6 is 23.2 Å². The van der Waals surface area contributed by atoms with E-state index in [0.717, 1.165) is 34.3 Å². The lowest BCUT2D eigenvalue weighted by molar-refractivity contribution is 0.272. The molecule has 0 heterocycles. The fourth-order valence-corrected chi connectivity index (χ4v) is 2.09. The van der Waals surface area contributed by atoms with Crippen molar-refractivity contribution in [3.8, 4) is 0 Å². The number of likely N-dealkylation sites (N-methyl/N-ethyl adjacent to an activating group) is 2. The van der Waals surface area contributed by atoms with Gasteiger partial charge in [-0.1, -0.05) is 47.5 Å². The van der Waals surface area contributed by atoms with Gasteiger partial charge in [-0.3, -0.25) is 10.0 Å². The highest BCUT2D eigenvalue weighted by Crippen LogP contribution is 2.08. The van der Waals surface area contributed by atoms with Crippen LogP contribution in [0.25, 0.3) is 0 Å². The van der Waals surface area contributed by atoms with Gasteiger partial charge in [-0.05, 0) is 35.4 Å². The van der Waals surface area contributed by atoms with Crippen LogP contribution in [-0.4, -0.2) is 49.6 Å². The summed E-state index contributed by atoms with van der Waals surface area (Å²) in [4.78, 5) is 0. The molecule has 0 atom stereocenters. The lowest BCUT2D eigenvalue weighted by Crippen LogP contribution is -2.25. The van der Waals surface area contributed by atoms with Gasteiger partial charge >= 0.3 is 0 Å². The topological polar surface area (TPSA) is 31.2 Å². The van der Waals surface area contributed by atoms with E-state index < -0.39 is 0 Å². The summed E-state index contributed by atoms with van der Waals surface area (Å²) in [6, 6.07) is 15.1. The van der Waals surface area contributed by atoms with Crippen molar-refractivity contribution >= 4 is 35.6 Å². The van der Waals surface area contributed by atoms with Gasteiger partial charge in [0.15, 0.2) is 0 Å². The number of hydrogen-bond acceptors (Lipinski definition) is 4. The average Bonchev–Trinajstić information content (AvgIpc) is 2.59. The molecule has 0 aliphatic rings. The highest BCUT2D eigenvalue weighted by molar-refractivity contribution is 6.30. The zero-order valence-electron chi connectivity index (χ0n) is 13.7. The molecule has 0 unspecified atom stereocenters. The molecular formula is C18H20Cl2N4. The second kappa shape index (κ2) is 9.30. The molecule has 0 aliphatic carbocycles. The van der Waals surface area contributed by atoms with Crippen LogP contribution in [0.15, 0.2) is 58.7 Å². The van der Waals surface area contributed by atoms with Crippen molar-refractivity contribution in [2.45, 2.75) is 0 Å². The minimum Gasteiger partial charge on any atom is -0.298 e. The predicted octanol–water partition coefficient (Wildman–Crippen LogP) is 4.23. The van der Waals surface area contributed by atoms with Gasteiger partial charge in [-0.2, -0.15) is 10.2 Å². The van der Waals surface area contributed by atoms with Crippen molar-refractivity contribution in [2.24, 2.45) is 10.2 Å². The molecule has 4 nitrogen and oxygen atoms in total. The molecule has 2 rings (SSSR count). The van der Waals surface area contributed by atoms with Crippen LogP contribution in [-0.2, 0) is 0 Å². The maximum Gasteiger partial charge on any atom is 0.0549 e. The summed E-state index contributed by atoms with van der Waals surface area (Å²) < 4.78 is 0. The maximum absolute atomic E-state index is 5.86. The van der Waals surface area contributed by atoms with E-state index in [9.17, 15) is 0 Å². The van der Waals surface area contributed by atoms with Gasteiger partial charge in [0.25, 0.3) is 0 Å². The Morgan fingerprint density at radius 1 is 0.708 bits per heavy atom. The molecule has 0 fully saturated rings. The quantitative estimate of drug-likeness (QED) is 0.545. The Morgan fingerprint density at radius 3 is 1.38 bits per heavy atom. The summed E-state index contributed by atoms with van der Waals surface area (Å²) >= 11 is 11.7.